The second-order valence-electron chi connectivity index (χ2n) is 17.6. The fourth-order valence-electron chi connectivity index (χ4n) is 7.05. The van der Waals surface area contributed by atoms with Crippen molar-refractivity contribution in [3.8, 4) is 34.5 Å². The molecule has 0 saturated heterocycles. The van der Waals surface area contributed by atoms with Crippen LogP contribution in [0.3, 0.4) is 0 Å². The summed E-state index contributed by atoms with van der Waals surface area (Å²) in [5, 5.41) is 4.16. The normalized spacial score (nSPS) is 12.5. The molecule has 1 heterocycles. The molecule has 2 unspecified atom stereocenters. The molecule has 4 aromatic carbocycles. The molecule has 0 fully saturated rings. The van der Waals surface area contributed by atoms with Crippen LogP contribution < -0.4 is 28.4 Å². The van der Waals surface area contributed by atoms with Crippen LogP contribution in [-0.2, 0) is 0 Å². The summed E-state index contributed by atoms with van der Waals surface area (Å²) < 4.78 is 39.9. The van der Waals surface area contributed by atoms with Gasteiger partial charge in [0.05, 0.1) is 38.6 Å². The second-order valence-corrected chi connectivity index (χ2v) is 17.6. The number of methoxy groups -OCH3 is 2. The minimum Gasteiger partial charge on any atom is -0.494 e. The van der Waals surface area contributed by atoms with E-state index < -0.39 is 11.9 Å². The van der Waals surface area contributed by atoms with Gasteiger partial charge in [-0.3, -0.25) is 0 Å². The van der Waals surface area contributed by atoms with Crippen molar-refractivity contribution >= 4 is 36.2 Å². The molecule has 0 spiro atoms. The molecule has 346 valence electrons. The molecule has 0 saturated carbocycles. The largest absolute Gasteiger partial charge is 0.494 e. The van der Waals surface area contributed by atoms with Crippen molar-refractivity contribution in [2.24, 2.45) is 23.7 Å². The molecule has 10 nitrogen and oxygen atoms in total. The Morgan fingerprint density at radius 3 is 1.40 bits per heavy atom. The Hall–Kier alpha value is -6.29. The van der Waals surface area contributed by atoms with Crippen molar-refractivity contribution in [1.29, 1.82) is 0 Å². The van der Waals surface area contributed by atoms with E-state index in [1.54, 1.807) is 84.9 Å². The van der Waals surface area contributed by atoms with Gasteiger partial charge in [0.1, 0.15) is 17.2 Å². The summed E-state index contributed by atoms with van der Waals surface area (Å²) in [6.45, 7) is 14.9. The van der Waals surface area contributed by atoms with E-state index in [-0.39, 0.29) is 0 Å². The standard InChI is InChI=1S/C55H67NO9/c1-38(2)11-9-13-40(5)31-33-61-47-25-19-44(20-26-47)54(57)63-50-29-17-42(35-52(50)59-7)15-23-46-37-49(65-56-46)24-16-43-18-30-51(53(36-43)60-8)64-55(58)45-21-27-48(28-22-45)62-34-32-41(6)14-10-12-39(3)4/h15-30,35-41H,9-14,31-34H2,1-8H3/b23-15+,24-16+. The quantitative estimate of drug-likeness (QED) is 0.0392. The zero-order valence-electron chi connectivity index (χ0n) is 39.5. The minimum atomic E-state index is -0.497. The fraction of sp³-hybridized carbons (Fsp3) is 0.400. The fourth-order valence-corrected chi connectivity index (χ4v) is 7.05. The SMILES string of the molecule is COc1cc(/C=C/c2cc(/C=C/c3ccc(OC(=O)c4ccc(OCCC(C)CCCC(C)C)cc4)c(OC)c3)on2)ccc1OC(=O)c1ccc(OCCC(C)CCCC(C)C)cc1. The lowest BCUT2D eigenvalue weighted by molar-refractivity contribution is 0.0720. The van der Waals surface area contributed by atoms with Crippen LogP contribution in [0.1, 0.15) is 136 Å². The van der Waals surface area contributed by atoms with Crippen molar-refractivity contribution < 1.29 is 42.5 Å². The van der Waals surface area contributed by atoms with Gasteiger partial charge in [-0.05, 0) is 133 Å². The van der Waals surface area contributed by atoms with E-state index in [0.29, 0.717) is 70.6 Å². The Kier molecular flexibility index (Phi) is 19.8. The molecular formula is C55H67NO9. The van der Waals surface area contributed by atoms with E-state index in [2.05, 4.69) is 46.7 Å². The number of hydrogen-bond donors (Lipinski definition) is 0. The first-order chi connectivity index (χ1) is 31.4. The summed E-state index contributed by atoms with van der Waals surface area (Å²) >= 11 is 0. The zero-order valence-corrected chi connectivity index (χ0v) is 39.5. The Bertz CT molecular complexity index is 2130. The van der Waals surface area contributed by atoms with Gasteiger partial charge < -0.3 is 32.9 Å². The number of carbonyl (C=O) groups excluding carboxylic acids is 2. The summed E-state index contributed by atoms with van der Waals surface area (Å²) in [5.41, 5.74) is 3.02. The molecule has 65 heavy (non-hydrogen) atoms. The molecule has 0 aliphatic heterocycles. The van der Waals surface area contributed by atoms with Crippen LogP contribution >= 0.6 is 0 Å². The van der Waals surface area contributed by atoms with E-state index >= 15 is 0 Å². The summed E-state index contributed by atoms with van der Waals surface area (Å²) in [6.07, 6.45) is 16.7. The Balaban J connectivity index is 1.08. The molecule has 1 aromatic heterocycles. The van der Waals surface area contributed by atoms with Gasteiger partial charge in [0.15, 0.2) is 28.8 Å². The highest BCUT2D eigenvalue weighted by molar-refractivity contribution is 5.92. The third-order valence-electron chi connectivity index (χ3n) is 11.1. The lowest BCUT2D eigenvalue weighted by Gasteiger charge is -2.13. The van der Waals surface area contributed by atoms with Gasteiger partial charge in [-0.25, -0.2) is 9.59 Å². The predicted octanol–water partition coefficient (Wildman–Crippen LogP) is 13.9. The smallest absolute Gasteiger partial charge is 0.343 e. The predicted molar refractivity (Wildman–Crippen MR) is 259 cm³/mol. The number of esters is 2. The third-order valence-corrected chi connectivity index (χ3v) is 11.1. The third kappa shape index (κ3) is 17.0. The van der Waals surface area contributed by atoms with Crippen molar-refractivity contribution in [3.63, 3.8) is 0 Å². The molecule has 0 amide bonds. The highest BCUT2D eigenvalue weighted by atomic mass is 16.6. The average Bonchev–Trinajstić information content (AvgIpc) is 3.76. The number of rotatable bonds is 26. The summed E-state index contributed by atoms with van der Waals surface area (Å²) in [5.74, 6) is 5.09. The number of hydrogen-bond acceptors (Lipinski definition) is 10. The Morgan fingerprint density at radius 2 is 0.969 bits per heavy atom. The van der Waals surface area contributed by atoms with E-state index in [1.807, 2.05) is 30.4 Å². The van der Waals surface area contributed by atoms with Gasteiger partial charge in [-0.2, -0.15) is 0 Å². The number of ether oxygens (including phenoxy) is 6. The van der Waals surface area contributed by atoms with Crippen molar-refractivity contribution in [3.05, 3.63) is 125 Å². The zero-order chi connectivity index (χ0) is 46.6. The van der Waals surface area contributed by atoms with Gasteiger partial charge in [0, 0.05) is 6.07 Å². The number of aromatic nitrogens is 1. The molecule has 0 aliphatic carbocycles. The van der Waals surface area contributed by atoms with E-state index in [4.69, 9.17) is 32.9 Å². The number of nitrogens with zero attached hydrogens (tertiary/aromatic N) is 1. The summed E-state index contributed by atoms with van der Waals surface area (Å²) in [6, 6.07) is 26.4. The lowest BCUT2D eigenvalue weighted by Crippen LogP contribution is -2.09. The summed E-state index contributed by atoms with van der Waals surface area (Å²) in [7, 11) is 3.05. The maximum atomic E-state index is 13.0. The first kappa shape index (κ1) is 49.7. The molecule has 5 rings (SSSR count). The monoisotopic (exact) mass is 885 g/mol. The number of benzene rings is 4. The average molecular weight is 886 g/mol. The van der Waals surface area contributed by atoms with Gasteiger partial charge in [0.2, 0.25) is 0 Å². The number of carbonyl (C=O) groups is 2. The topological polar surface area (TPSA) is 116 Å². The van der Waals surface area contributed by atoms with Crippen LogP contribution in [0, 0.1) is 23.7 Å². The second kappa shape index (κ2) is 25.9. The molecule has 0 bridgehead atoms. The van der Waals surface area contributed by atoms with Crippen LogP contribution in [0.15, 0.2) is 95.5 Å². The van der Waals surface area contributed by atoms with E-state index in [9.17, 15) is 9.59 Å². The van der Waals surface area contributed by atoms with Crippen LogP contribution in [0.4, 0.5) is 0 Å². The lowest BCUT2D eigenvalue weighted by atomic mass is 9.98. The maximum Gasteiger partial charge on any atom is 0.343 e. The van der Waals surface area contributed by atoms with Crippen LogP contribution in [0.5, 0.6) is 34.5 Å². The maximum absolute atomic E-state index is 13.0. The highest BCUT2D eigenvalue weighted by Crippen LogP contribution is 2.32. The first-order valence-electron chi connectivity index (χ1n) is 23.0. The Labute approximate surface area is 385 Å². The van der Waals surface area contributed by atoms with Crippen molar-refractivity contribution in [2.75, 3.05) is 27.4 Å². The molecule has 5 aromatic rings. The summed E-state index contributed by atoms with van der Waals surface area (Å²) in [4.78, 5) is 26.0. The van der Waals surface area contributed by atoms with Crippen molar-refractivity contribution in [1.82, 2.24) is 5.16 Å². The Morgan fingerprint density at radius 1 is 0.523 bits per heavy atom. The minimum absolute atomic E-state index is 0.301. The van der Waals surface area contributed by atoms with Crippen molar-refractivity contribution in [2.45, 2.75) is 92.9 Å². The van der Waals surface area contributed by atoms with Gasteiger partial charge in [-0.15, -0.1) is 0 Å². The first-order valence-corrected chi connectivity index (χ1v) is 23.0. The van der Waals surface area contributed by atoms with Crippen LogP contribution in [0.2, 0.25) is 0 Å². The van der Waals surface area contributed by atoms with Gasteiger partial charge in [-0.1, -0.05) is 110 Å². The van der Waals surface area contributed by atoms with E-state index in [1.165, 1.54) is 52.7 Å². The molecule has 0 aliphatic rings. The van der Waals surface area contributed by atoms with Gasteiger partial charge in [0.25, 0.3) is 0 Å². The molecular weight excluding hydrogens is 819 g/mol. The molecule has 10 heteroatoms. The van der Waals surface area contributed by atoms with Crippen LogP contribution in [0.25, 0.3) is 24.3 Å². The van der Waals surface area contributed by atoms with E-state index in [0.717, 1.165) is 47.3 Å². The van der Waals surface area contributed by atoms with Gasteiger partial charge >= 0.3 is 11.9 Å². The molecule has 2 atom stereocenters. The highest BCUT2D eigenvalue weighted by Gasteiger charge is 2.16. The molecule has 0 N–H and O–H groups in total. The van der Waals surface area contributed by atoms with Crippen LogP contribution in [-0.4, -0.2) is 44.5 Å². The molecule has 0 radical (unpaired) electrons.